The van der Waals surface area contributed by atoms with Gasteiger partial charge in [-0.05, 0) is 72.9 Å². The first-order valence-corrected chi connectivity index (χ1v) is 8.10. The first-order valence-electron chi connectivity index (χ1n) is 8.10. The molecule has 0 aromatic heterocycles. The van der Waals surface area contributed by atoms with Crippen molar-refractivity contribution in [3.8, 4) is 0 Å². The van der Waals surface area contributed by atoms with Crippen LogP contribution >= 0.6 is 0 Å². The van der Waals surface area contributed by atoms with E-state index >= 15 is 0 Å². The number of likely N-dealkylation sites (N-methyl/N-ethyl adjacent to an activating group) is 2. The van der Waals surface area contributed by atoms with Crippen LogP contribution in [0.25, 0.3) is 0 Å². The van der Waals surface area contributed by atoms with Crippen molar-refractivity contribution < 1.29 is 0 Å². The molecule has 0 amide bonds. The average molecular weight is 269 g/mol. The third-order valence-electron chi connectivity index (χ3n) is 4.68. The van der Waals surface area contributed by atoms with Gasteiger partial charge in [-0.1, -0.05) is 19.8 Å². The lowest BCUT2D eigenvalue weighted by molar-refractivity contribution is 0.116. The summed E-state index contributed by atoms with van der Waals surface area (Å²) in [4.78, 5) is 4.89. The van der Waals surface area contributed by atoms with Crippen LogP contribution in [-0.4, -0.2) is 63.2 Å². The lowest BCUT2D eigenvalue weighted by Crippen LogP contribution is -2.51. The minimum Gasteiger partial charge on any atom is -0.315 e. The molecule has 0 bridgehead atoms. The zero-order valence-corrected chi connectivity index (χ0v) is 13.8. The summed E-state index contributed by atoms with van der Waals surface area (Å²) in [5.41, 5.74) is 0. The van der Waals surface area contributed by atoms with E-state index in [-0.39, 0.29) is 0 Å². The second-order valence-electron chi connectivity index (χ2n) is 6.57. The fraction of sp³-hybridized carbons (Fsp3) is 1.00. The average Bonchev–Trinajstić information content (AvgIpc) is 2.38. The molecule has 19 heavy (non-hydrogen) atoms. The molecule has 0 aromatic rings. The summed E-state index contributed by atoms with van der Waals surface area (Å²) in [5, 5.41) is 3.54. The highest BCUT2D eigenvalue weighted by atomic mass is 15.2. The fourth-order valence-corrected chi connectivity index (χ4v) is 3.53. The van der Waals surface area contributed by atoms with E-state index in [1.807, 2.05) is 0 Å². The van der Waals surface area contributed by atoms with E-state index in [1.165, 1.54) is 51.6 Å². The van der Waals surface area contributed by atoms with Gasteiger partial charge in [0.05, 0.1) is 0 Å². The Kier molecular flexibility index (Phi) is 7.96. The maximum absolute atomic E-state index is 3.54. The first kappa shape index (κ1) is 16.9. The van der Waals surface area contributed by atoms with Gasteiger partial charge in [-0.2, -0.15) is 0 Å². The van der Waals surface area contributed by atoms with Crippen molar-refractivity contribution in [2.45, 2.75) is 57.5 Å². The maximum atomic E-state index is 3.54. The van der Waals surface area contributed by atoms with Crippen LogP contribution in [0.4, 0.5) is 0 Å². The molecule has 0 aliphatic heterocycles. The van der Waals surface area contributed by atoms with Gasteiger partial charge in [-0.15, -0.1) is 0 Å². The Balaban J connectivity index is 2.44. The molecular weight excluding hydrogens is 234 g/mol. The number of rotatable bonds is 8. The van der Waals surface area contributed by atoms with Crippen molar-refractivity contribution in [3.05, 3.63) is 0 Å². The third-order valence-corrected chi connectivity index (χ3v) is 4.68. The van der Waals surface area contributed by atoms with Crippen LogP contribution in [0.2, 0.25) is 0 Å². The lowest BCUT2D eigenvalue weighted by Gasteiger charge is -2.41. The molecule has 3 nitrogen and oxygen atoms in total. The van der Waals surface area contributed by atoms with Crippen LogP contribution in [0.5, 0.6) is 0 Å². The van der Waals surface area contributed by atoms with Crippen LogP contribution in [0.15, 0.2) is 0 Å². The van der Waals surface area contributed by atoms with Crippen LogP contribution in [0.1, 0.15) is 45.4 Å². The molecule has 114 valence electrons. The van der Waals surface area contributed by atoms with Gasteiger partial charge in [0.15, 0.2) is 0 Å². The lowest BCUT2D eigenvalue weighted by atomic mass is 9.79. The van der Waals surface area contributed by atoms with E-state index in [0.717, 1.165) is 12.0 Å². The molecule has 1 aliphatic carbocycles. The summed E-state index contributed by atoms with van der Waals surface area (Å²) in [5.74, 6) is 0.955. The van der Waals surface area contributed by atoms with E-state index in [1.54, 1.807) is 0 Å². The molecule has 0 aromatic carbocycles. The Morgan fingerprint density at radius 2 is 1.84 bits per heavy atom. The van der Waals surface area contributed by atoms with E-state index in [9.17, 15) is 0 Å². The van der Waals surface area contributed by atoms with E-state index in [2.05, 4.69) is 50.2 Å². The molecular formula is C16H35N3. The third kappa shape index (κ3) is 5.80. The SMILES string of the molecule is CCCC1CCC(NC)C(N(C)CCCN(C)C)C1. The standard InChI is InChI=1S/C16H35N3/c1-6-8-14-9-10-15(17-2)16(13-14)19(5)12-7-11-18(3)4/h14-17H,6-13H2,1-5H3. The summed E-state index contributed by atoms with van der Waals surface area (Å²) in [6.45, 7) is 4.74. The predicted octanol–water partition coefficient (Wildman–Crippen LogP) is 2.43. The van der Waals surface area contributed by atoms with Gasteiger partial charge in [-0.25, -0.2) is 0 Å². The highest BCUT2D eigenvalue weighted by Gasteiger charge is 2.31. The molecule has 1 N–H and O–H groups in total. The minimum absolute atomic E-state index is 0.692. The van der Waals surface area contributed by atoms with Crippen LogP contribution in [-0.2, 0) is 0 Å². The minimum atomic E-state index is 0.692. The number of nitrogens with one attached hydrogen (secondary N) is 1. The van der Waals surface area contributed by atoms with Gasteiger partial charge in [0.1, 0.15) is 0 Å². The molecule has 3 unspecified atom stereocenters. The Morgan fingerprint density at radius 1 is 1.11 bits per heavy atom. The molecule has 0 radical (unpaired) electrons. The monoisotopic (exact) mass is 269 g/mol. The zero-order chi connectivity index (χ0) is 14.3. The summed E-state index contributed by atoms with van der Waals surface area (Å²) in [6, 6.07) is 1.43. The first-order chi connectivity index (χ1) is 9.08. The van der Waals surface area contributed by atoms with Crippen molar-refractivity contribution in [1.82, 2.24) is 15.1 Å². The highest BCUT2D eigenvalue weighted by Crippen LogP contribution is 2.30. The second kappa shape index (κ2) is 8.93. The predicted molar refractivity (Wildman–Crippen MR) is 84.7 cm³/mol. The number of hydrogen-bond donors (Lipinski definition) is 1. The highest BCUT2D eigenvalue weighted by molar-refractivity contribution is 4.89. The molecule has 0 saturated heterocycles. The quantitative estimate of drug-likeness (QED) is 0.730. The zero-order valence-electron chi connectivity index (χ0n) is 13.8. The fourth-order valence-electron chi connectivity index (χ4n) is 3.53. The molecule has 1 saturated carbocycles. The molecule has 0 spiro atoms. The van der Waals surface area contributed by atoms with E-state index in [4.69, 9.17) is 0 Å². The van der Waals surface area contributed by atoms with Crippen LogP contribution in [0.3, 0.4) is 0 Å². The normalized spacial score (nSPS) is 28.3. The largest absolute Gasteiger partial charge is 0.315 e. The summed E-state index contributed by atoms with van der Waals surface area (Å²) >= 11 is 0. The van der Waals surface area contributed by atoms with Crippen LogP contribution in [0, 0.1) is 5.92 Å². The van der Waals surface area contributed by atoms with Crippen molar-refractivity contribution in [3.63, 3.8) is 0 Å². The molecule has 3 heteroatoms. The Bertz CT molecular complexity index is 230. The van der Waals surface area contributed by atoms with Gasteiger partial charge < -0.3 is 15.1 Å². The van der Waals surface area contributed by atoms with Gasteiger partial charge >= 0.3 is 0 Å². The van der Waals surface area contributed by atoms with Crippen LogP contribution < -0.4 is 5.32 Å². The van der Waals surface area contributed by atoms with Crippen molar-refractivity contribution >= 4 is 0 Å². The second-order valence-corrected chi connectivity index (χ2v) is 6.57. The summed E-state index contributed by atoms with van der Waals surface area (Å²) in [7, 11) is 8.77. The van der Waals surface area contributed by atoms with Gasteiger partial charge in [0.25, 0.3) is 0 Å². The molecule has 3 atom stereocenters. The van der Waals surface area contributed by atoms with Crippen molar-refractivity contribution in [2.24, 2.45) is 5.92 Å². The van der Waals surface area contributed by atoms with Gasteiger partial charge in [-0.3, -0.25) is 0 Å². The van der Waals surface area contributed by atoms with Gasteiger partial charge in [0.2, 0.25) is 0 Å². The maximum Gasteiger partial charge on any atom is 0.0248 e. The van der Waals surface area contributed by atoms with Crippen molar-refractivity contribution in [1.29, 1.82) is 0 Å². The molecule has 1 aliphatic rings. The van der Waals surface area contributed by atoms with E-state index < -0.39 is 0 Å². The molecule has 1 rings (SSSR count). The summed E-state index contributed by atoms with van der Waals surface area (Å²) in [6.07, 6.45) is 8.18. The number of nitrogens with zero attached hydrogens (tertiary/aromatic N) is 2. The Hall–Kier alpha value is -0.120. The Morgan fingerprint density at radius 3 is 2.42 bits per heavy atom. The van der Waals surface area contributed by atoms with Crippen molar-refractivity contribution in [2.75, 3.05) is 41.3 Å². The summed E-state index contributed by atoms with van der Waals surface area (Å²) < 4.78 is 0. The van der Waals surface area contributed by atoms with Gasteiger partial charge in [0, 0.05) is 12.1 Å². The van der Waals surface area contributed by atoms with E-state index in [0.29, 0.717) is 6.04 Å². The number of hydrogen-bond acceptors (Lipinski definition) is 3. The Labute approximate surface area is 120 Å². The molecule has 1 fully saturated rings. The molecule has 0 heterocycles. The smallest absolute Gasteiger partial charge is 0.0248 e. The topological polar surface area (TPSA) is 18.5 Å².